The first-order valence-electron chi connectivity index (χ1n) is 13.1. The number of halogens is 4. The van der Waals surface area contributed by atoms with Gasteiger partial charge in [-0.2, -0.15) is 22.6 Å². The number of nitrogens with zero attached hydrogens (tertiary/aromatic N) is 3. The summed E-state index contributed by atoms with van der Waals surface area (Å²) in [5, 5.41) is 9.06. The average Bonchev–Trinajstić information content (AvgIpc) is 3.51. The van der Waals surface area contributed by atoms with Crippen LogP contribution in [-0.4, -0.2) is 66.6 Å². The van der Waals surface area contributed by atoms with Crippen LogP contribution in [0.15, 0.2) is 40.6 Å². The highest BCUT2D eigenvalue weighted by atomic mass is 32.2. The van der Waals surface area contributed by atoms with Gasteiger partial charge in [0.25, 0.3) is 15.9 Å². The van der Waals surface area contributed by atoms with Crippen molar-refractivity contribution in [3.63, 3.8) is 0 Å². The normalized spacial score (nSPS) is 21.1. The Morgan fingerprint density at radius 1 is 1.10 bits per heavy atom. The molecular formula is C26H27F4N5O5S2. The maximum absolute atomic E-state index is 14.0. The molecule has 3 aromatic rings. The van der Waals surface area contributed by atoms with Crippen LogP contribution in [0.1, 0.15) is 35.3 Å². The molecule has 0 unspecified atom stereocenters. The maximum Gasteiger partial charge on any atom is 0.435 e. The predicted molar refractivity (Wildman–Crippen MR) is 144 cm³/mol. The zero-order chi connectivity index (χ0) is 30.2. The molecule has 42 heavy (non-hydrogen) atoms. The number of rotatable bonds is 3. The van der Waals surface area contributed by atoms with Crippen molar-refractivity contribution >= 4 is 33.2 Å². The molecule has 2 aliphatic heterocycles. The Kier molecular flexibility index (Phi) is 8.31. The second-order valence-electron chi connectivity index (χ2n) is 10.1. The number of thiophene rings is 1. The van der Waals surface area contributed by atoms with Crippen LogP contribution in [0.4, 0.5) is 17.6 Å². The third kappa shape index (κ3) is 6.29. The molecule has 1 fully saturated rings. The van der Waals surface area contributed by atoms with E-state index in [9.17, 15) is 35.6 Å². The minimum atomic E-state index is -4.67. The molecule has 2 bridgehead atoms. The SMILES string of the molecule is Cn1nc(C(F)(F)F)cc1-c1ccc(S(=O)(=O)N2C[C@H]3CC[C@@H](C2)C(=O)NCCCOc2ccc(F)cc2C(=O)N3)s1. The molecule has 2 aliphatic rings. The van der Waals surface area contributed by atoms with Gasteiger partial charge in [0.2, 0.25) is 5.91 Å². The van der Waals surface area contributed by atoms with Crippen molar-refractivity contribution in [1.29, 1.82) is 0 Å². The van der Waals surface area contributed by atoms with E-state index in [-0.39, 0.29) is 71.1 Å². The zero-order valence-electron chi connectivity index (χ0n) is 22.3. The molecule has 0 radical (unpaired) electrons. The van der Waals surface area contributed by atoms with Gasteiger partial charge in [0, 0.05) is 32.7 Å². The summed E-state index contributed by atoms with van der Waals surface area (Å²) in [6, 6.07) is 6.35. The quantitative estimate of drug-likeness (QED) is 0.429. The average molecular weight is 630 g/mol. The Hall–Kier alpha value is -3.50. The number of benzene rings is 1. The lowest BCUT2D eigenvalue weighted by molar-refractivity contribution is -0.141. The second kappa shape index (κ2) is 11.6. The van der Waals surface area contributed by atoms with Crippen molar-refractivity contribution in [3.05, 3.63) is 53.5 Å². The minimum Gasteiger partial charge on any atom is -0.493 e. The van der Waals surface area contributed by atoms with Crippen LogP contribution in [0.2, 0.25) is 0 Å². The number of hydrogen-bond donors (Lipinski definition) is 2. The van der Waals surface area contributed by atoms with Gasteiger partial charge in [-0.05, 0) is 55.7 Å². The molecule has 10 nitrogen and oxygen atoms in total. The van der Waals surface area contributed by atoms with Gasteiger partial charge in [-0.3, -0.25) is 14.3 Å². The van der Waals surface area contributed by atoms with Crippen molar-refractivity contribution in [2.24, 2.45) is 13.0 Å². The lowest BCUT2D eigenvalue weighted by atomic mass is 10.0. The lowest BCUT2D eigenvalue weighted by Crippen LogP contribution is -2.45. The fourth-order valence-corrected chi connectivity index (χ4v) is 7.96. The smallest absolute Gasteiger partial charge is 0.435 e. The largest absolute Gasteiger partial charge is 0.493 e. The van der Waals surface area contributed by atoms with Gasteiger partial charge in [0.15, 0.2) is 5.69 Å². The number of fused-ring (bicyclic) bond motifs is 4. The molecule has 0 spiro atoms. The molecule has 2 atom stereocenters. The number of sulfonamides is 1. The number of amides is 2. The summed E-state index contributed by atoms with van der Waals surface area (Å²) in [6.07, 6.45) is -3.72. The van der Waals surface area contributed by atoms with Crippen molar-refractivity contribution in [2.45, 2.75) is 35.7 Å². The van der Waals surface area contributed by atoms with Crippen molar-refractivity contribution in [2.75, 3.05) is 26.2 Å². The number of alkyl halides is 3. The highest BCUT2D eigenvalue weighted by Crippen LogP contribution is 2.36. The monoisotopic (exact) mass is 629 g/mol. The summed E-state index contributed by atoms with van der Waals surface area (Å²) in [7, 11) is -2.92. The van der Waals surface area contributed by atoms with Gasteiger partial charge in [0.05, 0.1) is 28.7 Å². The van der Waals surface area contributed by atoms with Gasteiger partial charge in [-0.25, -0.2) is 12.8 Å². The number of aromatic nitrogens is 2. The van der Waals surface area contributed by atoms with Gasteiger partial charge in [-0.15, -0.1) is 11.3 Å². The Labute approximate surface area is 242 Å². The summed E-state index contributed by atoms with van der Waals surface area (Å²) in [5.41, 5.74) is -1.05. The van der Waals surface area contributed by atoms with Crippen molar-refractivity contribution < 1.29 is 40.3 Å². The van der Waals surface area contributed by atoms with E-state index in [4.69, 9.17) is 4.74 Å². The van der Waals surface area contributed by atoms with E-state index in [1.54, 1.807) is 0 Å². The van der Waals surface area contributed by atoms with Crippen LogP contribution in [0.5, 0.6) is 5.75 Å². The topological polar surface area (TPSA) is 123 Å². The van der Waals surface area contributed by atoms with Crippen LogP contribution >= 0.6 is 11.3 Å². The van der Waals surface area contributed by atoms with Crippen LogP contribution in [-0.2, 0) is 28.0 Å². The Balaban J connectivity index is 1.46. The van der Waals surface area contributed by atoms with Gasteiger partial charge < -0.3 is 15.4 Å². The fraction of sp³-hybridized carbons (Fsp3) is 0.423. The lowest BCUT2D eigenvalue weighted by Gasteiger charge is -2.25. The summed E-state index contributed by atoms with van der Waals surface area (Å²) in [4.78, 5) is 26.5. The molecule has 0 saturated carbocycles. The van der Waals surface area contributed by atoms with Crippen molar-refractivity contribution in [1.82, 2.24) is 24.7 Å². The number of aryl methyl sites for hydroxylation is 1. The Bertz CT molecular complexity index is 1600. The van der Waals surface area contributed by atoms with Crippen LogP contribution in [0.25, 0.3) is 10.6 Å². The highest BCUT2D eigenvalue weighted by Gasteiger charge is 2.38. The molecule has 5 rings (SSSR count). The standard InChI is InChI=1S/C26H27F4N5O5S2/c1-34-19(12-22(33-34)26(28,29)30)21-7-8-23(41-21)42(38,39)35-13-15-3-5-17(14-35)32-25(37)18-11-16(27)4-6-20(18)40-10-2-9-31-24(15)36/h4,6-8,11-12,15,17H,2-3,5,9-10,13-14H2,1H3,(H,31,36)(H,32,37)/t15-,17+/m0/s1. The third-order valence-electron chi connectivity index (χ3n) is 7.08. The molecular weight excluding hydrogens is 602 g/mol. The molecule has 1 aromatic carbocycles. The van der Waals surface area contributed by atoms with E-state index in [0.29, 0.717) is 6.42 Å². The zero-order valence-corrected chi connectivity index (χ0v) is 23.9. The van der Waals surface area contributed by atoms with Crippen LogP contribution in [0, 0.1) is 11.7 Å². The molecule has 2 amide bonds. The van der Waals surface area contributed by atoms with E-state index >= 15 is 0 Å². The first-order chi connectivity index (χ1) is 19.8. The van der Waals surface area contributed by atoms with E-state index in [1.165, 1.54) is 25.2 Å². The molecule has 16 heteroatoms. The number of ether oxygens (including phenoxy) is 1. The first-order valence-corrected chi connectivity index (χ1v) is 15.3. The van der Waals surface area contributed by atoms with Gasteiger partial charge >= 0.3 is 6.18 Å². The molecule has 1 saturated heterocycles. The van der Waals surface area contributed by atoms with Gasteiger partial charge in [0.1, 0.15) is 15.8 Å². The number of nitrogens with one attached hydrogen (secondary N) is 2. The van der Waals surface area contributed by atoms with E-state index < -0.39 is 45.6 Å². The summed E-state index contributed by atoms with van der Waals surface area (Å²) in [5.74, 6) is -2.20. The second-order valence-corrected chi connectivity index (χ2v) is 13.3. The fourth-order valence-electron chi connectivity index (χ4n) is 4.92. The number of hydrogen-bond acceptors (Lipinski definition) is 7. The predicted octanol–water partition coefficient (Wildman–Crippen LogP) is 3.40. The molecule has 2 N–H and O–H groups in total. The Morgan fingerprint density at radius 3 is 2.62 bits per heavy atom. The highest BCUT2D eigenvalue weighted by molar-refractivity contribution is 7.91. The number of carbonyl (C=O) groups is 2. The summed E-state index contributed by atoms with van der Waals surface area (Å²) < 4.78 is 88.9. The molecule has 4 heterocycles. The van der Waals surface area contributed by atoms with E-state index in [1.807, 2.05) is 0 Å². The van der Waals surface area contributed by atoms with E-state index in [2.05, 4.69) is 15.7 Å². The number of carbonyl (C=O) groups excluding carboxylic acids is 2. The Morgan fingerprint density at radius 2 is 1.88 bits per heavy atom. The van der Waals surface area contributed by atoms with E-state index in [0.717, 1.165) is 38.5 Å². The first kappa shape index (κ1) is 30.0. The summed E-state index contributed by atoms with van der Waals surface area (Å²) in [6.45, 7) is 0.0513. The maximum atomic E-state index is 14.0. The third-order valence-corrected chi connectivity index (χ3v) is 10.5. The summed E-state index contributed by atoms with van der Waals surface area (Å²) >= 11 is 0.775. The molecule has 2 aromatic heterocycles. The molecule has 226 valence electrons. The van der Waals surface area contributed by atoms with Crippen LogP contribution < -0.4 is 15.4 Å². The van der Waals surface area contributed by atoms with Crippen LogP contribution in [0.3, 0.4) is 0 Å². The van der Waals surface area contributed by atoms with Crippen molar-refractivity contribution in [3.8, 4) is 16.3 Å². The molecule has 0 aliphatic carbocycles. The minimum absolute atomic E-state index is 0.0383. The van der Waals surface area contributed by atoms with Gasteiger partial charge in [-0.1, -0.05) is 0 Å².